The molecule has 6 nitrogen and oxygen atoms in total. The van der Waals surface area contributed by atoms with Crippen LogP contribution in [-0.4, -0.2) is 35.2 Å². The van der Waals surface area contributed by atoms with Crippen LogP contribution in [0.3, 0.4) is 0 Å². The fourth-order valence-corrected chi connectivity index (χ4v) is 1.25. The average Bonchev–Trinajstić information content (AvgIpc) is 2.45. The van der Waals surface area contributed by atoms with Crippen LogP contribution >= 0.6 is 0 Å². The van der Waals surface area contributed by atoms with Crippen molar-refractivity contribution in [3.63, 3.8) is 0 Å². The Labute approximate surface area is 130 Å². The zero-order valence-electron chi connectivity index (χ0n) is 13.3. The number of rotatable bonds is 8. The number of hydrogen-bond acceptors (Lipinski definition) is 4. The molecule has 22 heavy (non-hydrogen) atoms. The highest BCUT2D eigenvalue weighted by molar-refractivity contribution is 5.94. The summed E-state index contributed by atoms with van der Waals surface area (Å²) in [5.74, 6) is -2.61. The zero-order chi connectivity index (χ0) is 17.7. The number of carboxylic acids is 2. The van der Waals surface area contributed by atoms with Gasteiger partial charge in [-0.2, -0.15) is 0 Å². The lowest BCUT2D eigenvalue weighted by Crippen LogP contribution is -2.04. The first-order chi connectivity index (χ1) is 10.2. The SMILES string of the molecule is C=C(C)C(=O)OC.C=C(C=C(CCCCC)C(=O)O)C(=O)O. The predicted octanol–water partition coefficient (Wildman–Crippen LogP) is 2.95. The molecule has 0 aromatic carbocycles. The molecule has 0 aliphatic carbocycles. The lowest BCUT2D eigenvalue weighted by atomic mass is 10.1. The Bertz CT molecular complexity index is 459. The molecule has 0 aliphatic heterocycles. The Morgan fingerprint density at radius 1 is 1.09 bits per heavy atom. The fraction of sp³-hybridized carbons (Fsp3) is 0.438. The summed E-state index contributed by atoms with van der Waals surface area (Å²) in [5, 5.41) is 17.3. The molecule has 0 saturated carbocycles. The molecule has 0 rings (SSSR count). The van der Waals surface area contributed by atoms with Gasteiger partial charge in [0.2, 0.25) is 0 Å². The highest BCUT2D eigenvalue weighted by Crippen LogP contribution is 2.11. The summed E-state index contributed by atoms with van der Waals surface area (Å²) in [6.07, 6.45) is 4.19. The third kappa shape index (κ3) is 11.5. The van der Waals surface area contributed by atoms with Crippen molar-refractivity contribution in [3.05, 3.63) is 36.0 Å². The Hall–Kier alpha value is -2.37. The van der Waals surface area contributed by atoms with Crippen molar-refractivity contribution in [2.45, 2.75) is 39.5 Å². The molecule has 0 radical (unpaired) electrons. The summed E-state index contributed by atoms with van der Waals surface area (Å²) in [4.78, 5) is 31.4. The third-order valence-corrected chi connectivity index (χ3v) is 2.48. The van der Waals surface area contributed by atoms with E-state index in [9.17, 15) is 14.4 Å². The van der Waals surface area contributed by atoms with Crippen molar-refractivity contribution in [3.8, 4) is 0 Å². The maximum Gasteiger partial charge on any atom is 0.335 e. The molecule has 0 bridgehead atoms. The lowest BCUT2D eigenvalue weighted by Gasteiger charge is -2.01. The van der Waals surface area contributed by atoms with E-state index in [1.54, 1.807) is 6.92 Å². The quantitative estimate of drug-likeness (QED) is 0.309. The van der Waals surface area contributed by atoms with Crippen molar-refractivity contribution in [1.82, 2.24) is 0 Å². The van der Waals surface area contributed by atoms with Crippen molar-refractivity contribution in [2.75, 3.05) is 7.11 Å². The molecule has 0 amide bonds. The molecule has 0 fully saturated rings. The molecular formula is C16H24O6. The Morgan fingerprint density at radius 3 is 1.91 bits per heavy atom. The smallest absolute Gasteiger partial charge is 0.335 e. The lowest BCUT2D eigenvalue weighted by molar-refractivity contribution is -0.136. The average molecular weight is 312 g/mol. The van der Waals surface area contributed by atoms with Gasteiger partial charge in [-0.1, -0.05) is 32.9 Å². The van der Waals surface area contributed by atoms with Crippen molar-refractivity contribution >= 4 is 17.9 Å². The molecule has 0 unspecified atom stereocenters. The van der Waals surface area contributed by atoms with Gasteiger partial charge in [0, 0.05) is 11.1 Å². The van der Waals surface area contributed by atoms with Crippen molar-refractivity contribution in [1.29, 1.82) is 0 Å². The topological polar surface area (TPSA) is 101 Å². The number of carbonyl (C=O) groups is 3. The molecule has 0 saturated heterocycles. The number of carboxylic acid groups (broad SMARTS) is 2. The van der Waals surface area contributed by atoms with Gasteiger partial charge in [-0.15, -0.1) is 0 Å². The van der Waals surface area contributed by atoms with E-state index >= 15 is 0 Å². The molecule has 0 atom stereocenters. The summed E-state index contributed by atoms with van der Waals surface area (Å²) in [6, 6.07) is 0. The molecule has 0 aromatic rings. The maximum absolute atomic E-state index is 10.7. The van der Waals surface area contributed by atoms with Gasteiger partial charge < -0.3 is 14.9 Å². The minimum atomic E-state index is -1.19. The zero-order valence-corrected chi connectivity index (χ0v) is 13.3. The van der Waals surface area contributed by atoms with Crippen LogP contribution in [-0.2, 0) is 19.1 Å². The largest absolute Gasteiger partial charge is 0.478 e. The van der Waals surface area contributed by atoms with Gasteiger partial charge in [0.05, 0.1) is 12.7 Å². The number of unbranched alkanes of at least 4 members (excludes halogenated alkanes) is 2. The second-order valence-electron chi connectivity index (χ2n) is 4.53. The van der Waals surface area contributed by atoms with Crippen LogP contribution in [0.5, 0.6) is 0 Å². The number of aliphatic carboxylic acids is 2. The fourth-order valence-electron chi connectivity index (χ4n) is 1.25. The molecule has 0 aliphatic rings. The first-order valence-corrected chi connectivity index (χ1v) is 6.77. The number of carbonyl (C=O) groups excluding carboxylic acids is 1. The summed E-state index contributed by atoms with van der Waals surface area (Å²) in [6.45, 7) is 10.2. The van der Waals surface area contributed by atoms with E-state index in [2.05, 4.69) is 17.9 Å². The van der Waals surface area contributed by atoms with Gasteiger partial charge >= 0.3 is 17.9 Å². The van der Waals surface area contributed by atoms with E-state index in [4.69, 9.17) is 10.2 Å². The molecule has 0 heterocycles. The second kappa shape index (κ2) is 12.4. The third-order valence-electron chi connectivity index (χ3n) is 2.48. The van der Waals surface area contributed by atoms with E-state index in [0.717, 1.165) is 25.3 Å². The summed E-state index contributed by atoms with van der Waals surface area (Å²) < 4.78 is 4.27. The van der Waals surface area contributed by atoms with E-state index in [1.165, 1.54) is 7.11 Å². The maximum atomic E-state index is 10.7. The van der Waals surface area contributed by atoms with Gasteiger partial charge in [-0.25, -0.2) is 14.4 Å². The predicted molar refractivity (Wildman–Crippen MR) is 83.5 cm³/mol. The van der Waals surface area contributed by atoms with Crippen molar-refractivity contribution < 1.29 is 29.3 Å². The van der Waals surface area contributed by atoms with Gasteiger partial charge in [0.25, 0.3) is 0 Å². The van der Waals surface area contributed by atoms with Crippen LogP contribution in [0.1, 0.15) is 39.5 Å². The Balaban J connectivity index is 0. The highest BCUT2D eigenvalue weighted by Gasteiger charge is 2.09. The number of methoxy groups -OCH3 is 1. The van der Waals surface area contributed by atoms with Crippen LogP contribution in [0, 0.1) is 0 Å². The minimum absolute atomic E-state index is 0.107. The normalized spacial score (nSPS) is 10.0. The number of hydrogen-bond donors (Lipinski definition) is 2. The van der Waals surface area contributed by atoms with E-state index in [1.807, 2.05) is 6.92 Å². The van der Waals surface area contributed by atoms with E-state index in [-0.39, 0.29) is 17.1 Å². The standard InChI is InChI=1S/C11H16O4.C5H8O2/c1-3-4-5-6-9(11(14)15)7-8(2)10(12)13;1-4(2)5(6)7-3/h7H,2-6H2,1H3,(H,12,13)(H,14,15);1H2,2-3H3. The second-order valence-corrected chi connectivity index (χ2v) is 4.53. The van der Waals surface area contributed by atoms with Gasteiger partial charge in [-0.05, 0) is 25.8 Å². The summed E-state index contributed by atoms with van der Waals surface area (Å²) in [7, 11) is 1.33. The molecule has 0 aromatic heterocycles. The van der Waals surface area contributed by atoms with Crippen LogP contribution in [0.25, 0.3) is 0 Å². The summed E-state index contributed by atoms with van der Waals surface area (Å²) >= 11 is 0. The Morgan fingerprint density at radius 2 is 1.64 bits per heavy atom. The molecule has 0 spiro atoms. The van der Waals surface area contributed by atoms with Crippen LogP contribution in [0.15, 0.2) is 36.0 Å². The molecule has 6 heteroatoms. The van der Waals surface area contributed by atoms with Crippen LogP contribution in [0.4, 0.5) is 0 Å². The van der Waals surface area contributed by atoms with Crippen LogP contribution < -0.4 is 0 Å². The van der Waals surface area contributed by atoms with E-state index in [0.29, 0.717) is 12.0 Å². The van der Waals surface area contributed by atoms with Gasteiger partial charge in [0.15, 0.2) is 0 Å². The Kier molecular flexibility index (Phi) is 12.3. The number of ether oxygens (including phenoxy) is 1. The molecule has 2 N–H and O–H groups in total. The van der Waals surface area contributed by atoms with Gasteiger partial charge in [0.1, 0.15) is 0 Å². The highest BCUT2D eigenvalue weighted by atomic mass is 16.5. The summed E-state index contributed by atoms with van der Waals surface area (Å²) in [5.41, 5.74) is 0.349. The molecule has 124 valence electrons. The minimum Gasteiger partial charge on any atom is -0.478 e. The molecular weight excluding hydrogens is 288 g/mol. The number of esters is 1. The monoisotopic (exact) mass is 312 g/mol. The van der Waals surface area contributed by atoms with E-state index < -0.39 is 11.9 Å². The van der Waals surface area contributed by atoms with Gasteiger partial charge in [-0.3, -0.25) is 0 Å². The van der Waals surface area contributed by atoms with Crippen molar-refractivity contribution in [2.24, 2.45) is 0 Å². The van der Waals surface area contributed by atoms with Crippen LogP contribution in [0.2, 0.25) is 0 Å². The first-order valence-electron chi connectivity index (χ1n) is 6.77. The first kappa shape index (κ1) is 21.9.